The fourth-order valence-electron chi connectivity index (χ4n) is 2.58. The molecule has 0 bridgehead atoms. The van der Waals surface area contributed by atoms with Crippen molar-refractivity contribution in [3.8, 4) is 0 Å². The Bertz CT molecular complexity index is 839. The summed E-state index contributed by atoms with van der Waals surface area (Å²) in [6.45, 7) is 2.84. The number of halogens is 1. The normalized spacial score (nSPS) is 10.2. The van der Waals surface area contributed by atoms with Crippen molar-refractivity contribution in [2.45, 2.75) is 20.3 Å². The van der Waals surface area contributed by atoms with Crippen molar-refractivity contribution in [1.82, 2.24) is 5.32 Å². The SMILES string of the molecule is CC(=O)Nc1cccc(N(CC(=O)NCCc2ccccc2F)C(C)=O)c1. The summed E-state index contributed by atoms with van der Waals surface area (Å²) >= 11 is 0. The van der Waals surface area contributed by atoms with Crippen molar-refractivity contribution >= 4 is 29.1 Å². The molecule has 0 unspecified atom stereocenters. The molecular formula is C20H22FN3O3. The number of anilines is 2. The van der Waals surface area contributed by atoms with Gasteiger partial charge in [0.1, 0.15) is 12.4 Å². The molecule has 0 atom stereocenters. The summed E-state index contributed by atoms with van der Waals surface area (Å²) in [4.78, 5) is 36.7. The molecular weight excluding hydrogens is 349 g/mol. The van der Waals surface area contributed by atoms with Gasteiger partial charge in [-0.25, -0.2) is 4.39 Å². The molecule has 142 valence electrons. The second-order valence-electron chi connectivity index (χ2n) is 6.03. The molecule has 0 aromatic heterocycles. The minimum atomic E-state index is -0.355. The van der Waals surface area contributed by atoms with Gasteiger partial charge in [0.25, 0.3) is 0 Å². The van der Waals surface area contributed by atoms with Crippen LogP contribution in [-0.2, 0) is 20.8 Å². The molecule has 2 aromatic carbocycles. The maximum Gasteiger partial charge on any atom is 0.240 e. The molecule has 0 aliphatic carbocycles. The quantitative estimate of drug-likeness (QED) is 0.785. The number of benzene rings is 2. The van der Waals surface area contributed by atoms with E-state index < -0.39 is 0 Å². The lowest BCUT2D eigenvalue weighted by molar-refractivity contribution is -0.123. The van der Waals surface area contributed by atoms with Crippen LogP contribution in [-0.4, -0.2) is 30.8 Å². The molecule has 2 aromatic rings. The third kappa shape index (κ3) is 6.22. The summed E-state index contributed by atoms with van der Waals surface area (Å²) in [5.74, 6) is -1.20. The number of carbonyl (C=O) groups excluding carboxylic acids is 3. The smallest absolute Gasteiger partial charge is 0.240 e. The molecule has 2 rings (SSSR count). The van der Waals surface area contributed by atoms with Crippen LogP contribution >= 0.6 is 0 Å². The summed E-state index contributed by atoms with van der Waals surface area (Å²) in [6.07, 6.45) is 0.358. The third-order valence-corrected chi connectivity index (χ3v) is 3.83. The van der Waals surface area contributed by atoms with Gasteiger partial charge < -0.3 is 15.5 Å². The lowest BCUT2D eigenvalue weighted by atomic mass is 10.1. The molecule has 0 fully saturated rings. The average molecular weight is 371 g/mol. The molecule has 0 saturated heterocycles. The number of hydrogen-bond donors (Lipinski definition) is 2. The van der Waals surface area contributed by atoms with Crippen LogP contribution < -0.4 is 15.5 Å². The van der Waals surface area contributed by atoms with Crippen LogP contribution in [0.4, 0.5) is 15.8 Å². The van der Waals surface area contributed by atoms with Crippen LogP contribution in [0.2, 0.25) is 0 Å². The highest BCUT2D eigenvalue weighted by atomic mass is 19.1. The van der Waals surface area contributed by atoms with E-state index in [0.29, 0.717) is 23.4 Å². The van der Waals surface area contributed by atoms with Crippen molar-refractivity contribution in [1.29, 1.82) is 0 Å². The zero-order chi connectivity index (χ0) is 19.8. The lowest BCUT2D eigenvalue weighted by Crippen LogP contribution is -2.40. The summed E-state index contributed by atoms with van der Waals surface area (Å²) < 4.78 is 13.6. The van der Waals surface area contributed by atoms with Gasteiger partial charge in [0.2, 0.25) is 17.7 Å². The molecule has 0 radical (unpaired) electrons. The second-order valence-corrected chi connectivity index (χ2v) is 6.03. The Hall–Kier alpha value is -3.22. The van der Waals surface area contributed by atoms with E-state index in [1.54, 1.807) is 42.5 Å². The first-order valence-electron chi connectivity index (χ1n) is 8.52. The van der Waals surface area contributed by atoms with Crippen molar-refractivity contribution < 1.29 is 18.8 Å². The van der Waals surface area contributed by atoms with E-state index >= 15 is 0 Å². The van der Waals surface area contributed by atoms with Gasteiger partial charge >= 0.3 is 0 Å². The van der Waals surface area contributed by atoms with E-state index in [-0.39, 0.29) is 36.6 Å². The summed E-state index contributed by atoms with van der Waals surface area (Å²) in [6, 6.07) is 13.1. The number of rotatable bonds is 7. The second kappa shape index (κ2) is 9.47. The number of amides is 3. The number of nitrogens with one attached hydrogen (secondary N) is 2. The van der Waals surface area contributed by atoms with Crippen LogP contribution in [0.15, 0.2) is 48.5 Å². The number of nitrogens with zero attached hydrogens (tertiary/aromatic N) is 1. The van der Waals surface area contributed by atoms with Crippen LogP contribution in [0.25, 0.3) is 0 Å². The van der Waals surface area contributed by atoms with Gasteiger partial charge in [0.05, 0.1) is 0 Å². The zero-order valence-electron chi connectivity index (χ0n) is 15.3. The standard InChI is InChI=1S/C20H22FN3O3/c1-14(25)23-17-7-5-8-18(12-17)24(15(2)26)13-20(27)22-11-10-16-6-3-4-9-19(16)21/h3-9,12H,10-11,13H2,1-2H3,(H,22,27)(H,23,25). The van der Waals surface area contributed by atoms with Crippen molar-refractivity contribution in [3.63, 3.8) is 0 Å². The average Bonchev–Trinajstić information content (AvgIpc) is 2.61. The molecule has 0 saturated carbocycles. The Balaban J connectivity index is 1.97. The minimum absolute atomic E-state index is 0.171. The Morgan fingerprint density at radius 1 is 1.04 bits per heavy atom. The molecule has 3 amide bonds. The topological polar surface area (TPSA) is 78.5 Å². The predicted octanol–water partition coefficient (Wildman–Crippen LogP) is 2.50. The van der Waals surface area contributed by atoms with E-state index in [2.05, 4.69) is 10.6 Å². The van der Waals surface area contributed by atoms with E-state index in [9.17, 15) is 18.8 Å². The molecule has 2 N–H and O–H groups in total. The summed E-state index contributed by atoms with van der Waals surface area (Å²) in [7, 11) is 0. The van der Waals surface area contributed by atoms with E-state index in [1.165, 1.54) is 24.8 Å². The van der Waals surface area contributed by atoms with Crippen molar-refractivity contribution in [2.75, 3.05) is 23.3 Å². The van der Waals surface area contributed by atoms with Crippen LogP contribution in [0.1, 0.15) is 19.4 Å². The highest BCUT2D eigenvalue weighted by Crippen LogP contribution is 2.19. The molecule has 0 aliphatic rings. The number of carbonyl (C=O) groups is 3. The summed E-state index contributed by atoms with van der Waals surface area (Å²) in [5, 5.41) is 5.33. The maximum atomic E-state index is 13.6. The van der Waals surface area contributed by atoms with E-state index in [0.717, 1.165) is 0 Å². The molecule has 0 aliphatic heterocycles. The minimum Gasteiger partial charge on any atom is -0.354 e. The monoisotopic (exact) mass is 371 g/mol. The van der Waals surface area contributed by atoms with Gasteiger partial charge in [-0.3, -0.25) is 14.4 Å². The van der Waals surface area contributed by atoms with Crippen molar-refractivity contribution in [2.24, 2.45) is 0 Å². The number of hydrogen-bond acceptors (Lipinski definition) is 3. The van der Waals surface area contributed by atoms with Gasteiger partial charge in [-0.2, -0.15) is 0 Å². The molecule has 0 heterocycles. The highest BCUT2D eigenvalue weighted by molar-refractivity contribution is 5.98. The van der Waals surface area contributed by atoms with Crippen molar-refractivity contribution in [3.05, 3.63) is 59.9 Å². The molecule has 6 nitrogen and oxygen atoms in total. The third-order valence-electron chi connectivity index (χ3n) is 3.83. The Morgan fingerprint density at radius 3 is 2.44 bits per heavy atom. The fourth-order valence-corrected chi connectivity index (χ4v) is 2.58. The lowest BCUT2D eigenvalue weighted by Gasteiger charge is -2.21. The first kappa shape index (κ1) is 20.1. The van der Waals surface area contributed by atoms with Crippen LogP contribution in [0, 0.1) is 5.82 Å². The summed E-state index contributed by atoms with van der Waals surface area (Å²) in [5.41, 5.74) is 1.55. The van der Waals surface area contributed by atoms with Gasteiger partial charge in [-0.1, -0.05) is 24.3 Å². The van der Waals surface area contributed by atoms with E-state index in [4.69, 9.17) is 0 Å². The highest BCUT2D eigenvalue weighted by Gasteiger charge is 2.16. The molecule has 0 spiro atoms. The van der Waals surface area contributed by atoms with Gasteiger partial charge in [0, 0.05) is 31.8 Å². The predicted molar refractivity (Wildman–Crippen MR) is 102 cm³/mol. The Kier molecular flexibility index (Phi) is 7.05. The molecule has 7 heteroatoms. The van der Waals surface area contributed by atoms with Gasteiger partial charge in [0.15, 0.2) is 0 Å². The fraction of sp³-hybridized carbons (Fsp3) is 0.250. The first-order valence-corrected chi connectivity index (χ1v) is 8.52. The van der Waals surface area contributed by atoms with Crippen LogP contribution in [0.3, 0.4) is 0 Å². The Morgan fingerprint density at radius 2 is 1.78 bits per heavy atom. The molecule has 27 heavy (non-hydrogen) atoms. The Labute approximate surface area is 157 Å². The van der Waals surface area contributed by atoms with Crippen LogP contribution in [0.5, 0.6) is 0 Å². The first-order chi connectivity index (χ1) is 12.9. The zero-order valence-corrected chi connectivity index (χ0v) is 15.3. The largest absolute Gasteiger partial charge is 0.354 e. The van der Waals surface area contributed by atoms with Gasteiger partial charge in [-0.05, 0) is 36.2 Å². The van der Waals surface area contributed by atoms with Gasteiger partial charge in [-0.15, -0.1) is 0 Å². The maximum absolute atomic E-state index is 13.6. The van der Waals surface area contributed by atoms with E-state index in [1.807, 2.05) is 0 Å².